The molecule has 1 unspecified atom stereocenters. The fraction of sp³-hybridized carbons (Fsp3) is 0.800. The first-order valence-electron chi connectivity index (χ1n) is 4.63. The monoisotopic (exact) mass is 187 g/mol. The molecule has 0 saturated carbocycles. The highest BCUT2D eigenvalue weighted by Gasteiger charge is 2.05. The summed E-state index contributed by atoms with van der Waals surface area (Å²) in [6, 6.07) is 0. The van der Waals surface area contributed by atoms with Gasteiger partial charge in [0, 0.05) is 27.3 Å². The minimum Gasteiger partial charge on any atom is -0.382 e. The summed E-state index contributed by atoms with van der Waals surface area (Å²) in [5.41, 5.74) is 1.22. The Morgan fingerprint density at radius 2 is 2.15 bits per heavy atom. The molecule has 0 radical (unpaired) electrons. The maximum absolute atomic E-state index is 5.19. The van der Waals surface area contributed by atoms with Gasteiger partial charge in [0.2, 0.25) is 0 Å². The second-order valence-electron chi connectivity index (χ2n) is 3.05. The summed E-state index contributed by atoms with van der Waals surface area (Å²) in [6.07, 6.45) is 1.16. The lowest BCUT2D eigenvalue weighted by Crippen LogP contribution is -2.32. The van der Waals surface area contributed by atoms with Gasteiger partial charge in [-0.25, -0.2) is 0 Å². The number of hydrogen-bond donors (Lipinski definition) is 1. The highest BCUT2D eigenvalue weighted by atomic mass is 16.5. The first kappa shape index (κ1) is 12.6. The predicted octanol–water partition coefficient (Wildman–Crippen LogP) is 1.20. The van der Waals surface area contributed by atoms with E-state index >= 15 is 0 Å². The van der Waals surface area contributed by atoms with Crippen LogP contribution in [0.3, 0.4) is 0 Å². The molecular formula is C10H21NO2. The van der Waals surface area contributed by atoms with Gasteiger partial charge in [-0.15, -0.1) is 0 Å². The van der Waals surface area contributed by atoms with E-state index in [2.05, 4.69) is 18.8 Å². The quantitative estimate of drug-likeness (QED) is 0.579. The van der Waals surface area contributed by atoms with Crippen LogP contribution in [-0.4, -0.2) is 40.0 Å². The van der Waals surface area contributed by atoms with E-state index in [1.165, 1.54) is 5.57 Å². The van der Waals surface area contributed by atoms with Crippen molar-refractivity contribution in [3.63, 3.8) is 0 Å². The van der Waals surface area contributed by atoms with Crippen LogP contribution in [0.25, 0.3) is 0 Å². The van der Waals surface area contributed by atoms with Gasteiger partial charge in [0.1, 0.15) is 0 Å². The topological polar surface area (TPSA) is 30.5 Å². The normalized spacial score (nSPS) is 12.8. The number of hydrogen-bond acceptors (Lipinski definition) is 3. The molecule has 0 aromatic rings. The summed E-state index contributed by atoms with van der Waals surface area (Å²) >= 11 is 0. The number of rotatable bonds is 8. The van der Waals surface area contributed by atoms with Crippen LogP contribution in [0.4, 0.5) is 0 Å². The second-order valence-corrected chi connectivity index (χ2v) is 3.05. The standard InChI is InChI=1S/C10H21NO2/c1-5-9(2)6-11-7-10(13-4)8-12-3/h10-11H,2,5-8H2,1,3-4H3. The Morgan fingerprint density at radius 3 is 2.62 bits per heavy atom. The number of nitrogens with one attached hydrogen (secondary N) is 1. The Bertz CT molecular complexity index is 137. The fourth-order valence-electron chi connectivity index (χ4n) is 0.931. The van der Waals surface area contributed by atoms with Crippen molar-refractivity contribution in [2.45, 2.75) is 19.4 Å². The maximum Gasteiger partial charge on any atom is 0.0928 e. The molecule has 0 aromatic heterocycles. The van der Waals surface area contributed by atoms with Crippen molar-refractivity contribution in [3.05, 3.63) is 12.2 Å². The maximum atomic E-state index is 5.19. The zero-order valence-corrected chi connectivity index (χ0v) is 8.93. The van der Waals surface area contributed by atoms with Crippen LogP contribution in [0.15, 0.2) is 12.2 Å². The minimum absolute atomic E-state index is 0.134. The molecular weight excluding hydrogens is 166 g/mol. The molecule has 0 fully saturated rings. The number of ether oxygens (including phenoxy) is 2. The molecule has 13 heavy (non-hydrogen) atoms. The summed E-state index contributed by atoms with van der Waals surface area (Å²) in [6.45, 7) is 8.31. The van der Waals surface area contributed by atoms with E-state index in [0.29, 0.717) is 6.61 Å². The third-order valence-corrected chi connectivity index (χ3v) is 1.93. The van der Waals surface area contributed by atoms with Crippen LogP contribution in [0.1, 0.15) is 13.3 Å². The summed E-state index contributed by atoms with van der Waals surface area (Å²) in [5.74, 6) is 0. The molecule has 1 atom stereocenters. The third-order valence-electron chi connectivity index (χ3n) is 1.93. The van der Waals surface area contributed by atoms with Gasteiger partial charge in [-0.1, -0.05) is 19.1 Å². The molecule has 0 bridgehead atoms. The first-order valence-corrected chi connectivity index (χ1v) is 4.63. The molecule has 0 heterocycles. The molecule has 1 N–H and O–H groups in total. The lowest BCUT2D eigenvalue weighted by Gasteiger charge is -2.15. The summed E-state index contributed by atoms with van der Waals surface area (Å²) < 4.78 is 10.2. The van der Waals surface area contributed by atoms with Gasteiger partial charge in [0.15, 0.2) is 0 Å². The minimum atomic E-state index is 0.134. The molecule has 0 aromatic carbocycles. The SMILES string of the molecule is C=C(CC)CNCC(COC)OC. The van der Waals surface area contributed by atoms with E-state index in [0.717, 1.165) is 19.5 Å². The van der Waals surface area contributed by atoms with Crippen molar-refractivity contribution < 1.29 is 9.47 Å². The van der Waals surface area contributed by atoms with Gasteiger partial charge in [-0.05, 0) is 6.42 Å². The first-order chi connectivity index (χ1) is 6.24. The molecule has 78 valence electrons. The smallest absolute Gasteiger partial charge is 0.0928 e. The average Bonchev–Trinajstić information content (AvgIpc) is 2.16. The molecule has 0 rings (SSSR count). The zero-order valence-electron chi connectivity index (χ0n) is 8.93. The molecule has 0 saturated heterocycles. The van der Waals surface area contributed by atoms with Crippen molar-refractivity contribution in [2.75, 3.05) is 33.9 Å². The largest absolute Gasteiger partial charge is 0.382 e. The van der Waals surface area contributed by atoms with Gasteiger partial charge >= 0.3 is 0 Å². The highest BCUT2D eigenvalue weighted by molar-refractivity contribution is 4.94. The Labute approximate surface area is 81.1 Å². The molecule has 0 spiro atoms. The van der Waals surface area contributed by atoms with Crippen LogP contribution in [0.2, 0.25) is 0 Å². The van der Waals surface area contributed by atoms with E-state index in [4.69, 9.17) is 9.47 Å². The zero-order chi connectivity index (χ0) is 10.1. The van der Waals surface area contributed by atoms with Gasteiger partial charge in [-0.2, -0.15) is 0 Å². The van der Waals surface area contributed by atoms with Crippen molar-refractivity contribution >= 4 is 0 Å². The van der Waals surface area contributed by atoms with Crippen LogP contribution in [0.5, 0.6) is 0 Å². The van der Waals surface area contributed by atoms with E-state index in [1.54, 1.807) is 14.2 Å². The molecule has 0 amide bonds. The Hall–Kier alpha value is -0.380. The van der Waals surface area contributed by atoms with Gasteiger partial charge in [0.25, 0.3) is 0 Å². The van der Waals surface area contributed by atoms with Gasteiger partial charge < -0.3 is 14.8 Å². The average molecular weight is 187 g/mol. The fourth-order valence-corrected chi connectivity index (χ4v) is 0.931. The van der Waals surface area contributed by atoms with E-state index in [9.17, 15) is 0 Å². The molecule has 3 heteroatoms. The molecule has 3 nitrogen and oxygen atoms in total. The Balaban J connectivity index is 3.42. The number of methoxy groups -OCH3 is 2. The summed E-state index contributed by atoms with van der Waals surface area (Å²) in [7, 11) is 3.37. The van der Waals surface area contributed by atoms with Crippen molar-refractivity contribution in [1.82, 2.24) is 5.32 Å². The molecule has 0 aliphatic carbocycles. The Kier molecular flexibility index (Phi) is 7.99. The van der Waals surface area contributed by atoms with Crippen molar-refractivity contribution in [1.29, 1.82) is 0 Å². The van der Waals surface area contributed by atoms with Crippen molar-refractivity contribution in [3.8, 4) is 0 Å². The van der Waals surface area contributed by atoms with Crippen molar-refractivity contribution in [2.24, 2.45) is 0 Å². The van der Waals surface area contributed by atoms with E-state index in [1.807, 2.05) is 0 Å². The summed E-state index contributed by atoms with van der Waals surface area (Å²) in [4.78, 5) is 0. The molecule has 0 aliphatic rings. The predicted molar refractivity (Wildman–Crippen MR) is 55.0 cm³/mol. The molecule has 0 aliphatic heterocycles. The lowest BCUT2D eigenvalue weighted by molar-refractivity contribution is 0.0294. The van der Waals surface area contributed by atoms with E-state index < -0.39 is 0 Å². The highest BCUT2D eigenvalue weighted by Crippen LogP contribution is 1.94. The Morgan fingerprint density at radius 1 is 1.46 bits per heavy atom. The van der Waals surface area contributed by atoms with Crippen LogP contribution < -0.4 is 5.32 Å². The van der Waals surface area contributed by atoms with E-state index in [-0.39, 0.29) is 6.10 Å². The van der Waals surface area contributed by atoms with Crippen LogP contribution in [-0.2, 0) is 9.47 Å². The third kappa shape index (κ3) is 6.75. The summed E-state index contributed by atoms with van der Waals surface area (Å²) in [5, 5.41) is 3.27. The van der Waals surface area contributed by atoms with Crippen LogP contribution in [0, 0.1) is 0 Å². The van der Waals surface area contributed by atoms with Crippen LogP contribution >= 0.6 is 0 Å². The lowest BCUT2D eigenvalue weighted by atomic mass is 10.2. The van der Waals surface area contributed by atoms with Gasteiger partial charge in [-0.3, -0.25) is 0 Å². The van der Waals surface area contributed by atoms with Gasteiger partial charge in [0.05, 0.1) is 12.7 Å². The second kappa shape index (κ2) is 8.23.